The summed E-state index contributed by atoms with van der Waals surface area (Å²) in [6.07, 6.45) is -13.0. The first-order chi connectivity index (χ1) is 22.5. The van der Waals surface area contributed by atoms with Gasteiger partial charge >= 0.3 is 36.2 Å². The third kappa shape index (κ3) is 20.6. The van der Waals surface area contributed by atoms with Gasteiger partial charge in [0, 0.05) is 46.2 Å². The fourth-order valence-corrected chi connectivity index (χ4v) is 3.89. The average molecular weight is 974 g/mol. The summed E-state index contributed by atoms with van der Waals surface area (Å²) in [6.45, 7) is 29.4. The maximum absolute atomic E-state index is 12.3. The van der Waals surface area contributed by atoms with E-state index in [2.05, 4.69) is 14.5 Å². The molecule has 0 unspecified atom stereocenters. The summed E-state index contributed by atoms with van der Waals surface area (Å²) in [7, 11) is -8.76. The SMILES string of the molecule is F[PH+](F)F.F[PH+](F)F.[C-]#[N+]c1c(C)cc(C(F)(F)F)cc1C.[C-]#[N+]c1c(C)cc(C(F)(F)F)cc1C.[C-]#[N+]c1c(C)cc(C(F)(F)F)cc1C.[CH3-].[W]. The summed E-state index contributed by atoms with van der Waals surface area (Å²) < 4.78 is 169. The van der Waals surface area contributed by atoms with Crippen LogP contribution in [0, 0.1) is 68.7 Å². The molecule has 0 radical (unpaired) electrons. The number of alkyl halides is 9. The van der Waals surface area contributed by atoms with Crippen molar-refractivity contribution in [2.24, 2.45) is 0 Å². The molecule has 3 rings (SSSR count). The fourth-order valence-electron chi connectivity index (χ4n) is 3.89. The van der Waals surface area contributed by atoms with E-state index in [1.165, 1.54) is 41.5 Å². The number of nitrogens with zero attached hydrogens (tertiary/aromatic N) is 3. The van der Waals surface area contributed by atoms with Crippen molar-refractivity contribution in [1.82, 2.24) is 0 Å². The van der Waals surface area contributed by atoms with Crippen LogP contribution in [0.5, 0.6) is 0 Å². The fraction of sp³-hybridized carbons (Fsp3) is 0.290. The number of hydrogen-bond acceptors (Lipinski definition) is 0. The zero-order valence-electron chi connectivity index (χ0n) is 27.9. The van der Waals surface area contributed by atoms with Crippen LogP contribution in [0.15, 0.2) is 36.4 Å². The molecule has 0 saturated carbocycles. The minimum absolute atomic E-state index is 0. The van der Waals surface area contributed by atoms with Gasteiger partial charge in [0.25, 0.3) is 0 Å². The quantitative estimate of drug-likeness (QED) is 0.121. The van der Waals surface area contributed by atoms with Gasteiger partial charge in [-0.3, -0.25) is 0 Å². The van der Waals surface area contributed by atoms with E-state index < -0.39 is 52.9 Å². The molecule has 3 aromatic rings. The summed E-state index contributed by atoms with van der Waals surface area (Å²) in [5, 5.41) is 0. The van der Waals surface area contributed by atoms with Crippen LogP contribution in [0.25, 0.3) is 14.5 Å². The molecule has 3 nitrogen and oxygen atoms in total. The predicted molar refractivity (Wildman–Crippen MR) is 171 cm³/mol. The third-order valence-electron chi connectivity index (χ3n) is 5.79. The summed E-state index contributed by atoms with van der Waals surface area (Å²) >= 11 is 0. The van der Waals surface area contributed by atoms with Gasteiger partial charge in [0.1, 0.15) is 0 Å². The minimum atomic E-state index is -4.38. The van der Waals surface area contributed by atoms with E-state index in [-0.39, 0.29) is 28.5 Å². The Kier molecular flexibility index (Phi) is 25.6. The van der Waals surface area contributed by atoms with Crippen LogP contribution in [-0.2, 0) is 39.6 Å². The number of hydrogen-bond donors (Lipinski definition) is 0. The third-order valence-corrected chi connectivity index (χ3v) is 5.79. The van der Waals surface area contributed by atoms with E-state index >= 15 is 0 Å². The summed E-state index contributed by atoms with van der Waals surface area (Å²) in [5.41, 5.74) is 1.03. The van der Waals surface area contributed by atoms with Crippen LogP contribution in [0.2, 0.25) is 0 Å². The van der Waals surface area contributed by atoms with Crippen molar-refractivity contribution in [3.63, 3.8) is 0 Å². The van der Waals surface area contributed by atoms with Gasteiger partial charge < -0.3 is 7.43 Å². The van der Waals surface area contributed by atoms with Gasteiger partial charge in [-0.1, -0.05) is 36.4 Å². The van der Waals surface area contributed by atoms with Crippen LogP contribution in [0.1, 0.15) is 50.1 Å². The molecule has 0 amide bonds. The standard InChI is InChI=1S/3C10H8F3N.CH3.2F3HP.W/c3*1-6-4-8(10(11,12)13)5-7(2)9(6)14-3;;2*1-4(2)3;/h3*4-5H,1-2H3;1H3;2*4H;/q;;;-1;2*+1;. The Hall–Kier alpha value is -3.37. The Morgan fingerprint density at radius 2 is 0.519 bits per heavy atom. The molecule has 3 aromatic carbocycles. The Balaban J connectivity index is -0.000000295. The minimum Gasteiger partial charge on any atom is -0.358 e. The van der Waals surface area contributed by atoms with Gasteiger partial charge in [-0.05, 0) is 74.9 Å². The Morgan fingerprint density at radius 3 is 0.596 bits per heavy atom. The van der Waals surface area contributed by atoms with Crippen molar-refractivity contribution in [3.8, 4) is 0 Å². The molecule has 0 heterocycles. The molecule has 0 saturated heterocycles. The molecule has 0 bridgehead atoms. The van der Waals surface area contributed by atoms with Crippen molar-refractivity contribution >= 4 is 34.8 Å². The van der Waals surface area contributed by atoms with Gasteiger partial charge in [0.15, 0.2) is 17.1 Å². The Morgan fingerprint density at radius 1 is 0.404 bits per heavy atom. The first-order valence-electron chi connectivity index (χ1n) is 12.9. The van der Waals surface area contributed by atoms with E-state index in [4.69, 9.17) is 19.7 Å². The van der Waals surface area contributed by atoms with Crippen molar-refractivity contribution in [2.75, 3.05) is 0 Å². The maximum Gasteiger partial charge on any atom is 0.558 e. The average Bonchev–Trinajstić information content (AvgIpc) is 2.91. The van der Waals surface area contributed by atoms with Gasteiger partial charge in [0.05, 0.1) is 36.4 Å². The molecule has 288 valence electrons. The number of benzene rings is 3. The molecule has 21 heteroatoms. The molecular formula is C31H29F15N3P2W+. The first kappa shape index (κ1) is 55.4. The van der Waals surface area contributed by atoms with E-state index in [9.17, 15) is 64.7 Å². The zero-order chi connectivity index (χ0) is 39.9. The van der Waals surface area contributed by atoms with Crippen LogP contribution >= 0.6 is 17.7 Å². The molecule has 0 aliphatic rings. The first-order valence-corrected chi connectivity index (χ1v) is 15.2. The number of halogens is 15. The van der Waals surface area contributed by atoms with Gasteiger partial charge in [-0.25, -0.2) is 14.5 Å². The van der Waals surface area contributed by atoms with Crippen molar-refractivity contribution in [2.45, 2.75) is 60.1 Å². The molecule has 0 N–H and O–H groups in total. The number of rotatable bonds is 0. The smallest absolute Gasteiger partial charge is 0.358 e. The second-order valence-corrected chi connectivity index (χ2v) is 10.5. The molecule has 52 heavy (non-hydrogen) atoms. The van der Waals surface area contributed by atoms with Gasteiger partial charge in [0.2, 0.25) is 0 Å². The van der Waals surface area contributed by atoms with E-state index in [0.29, 0.717) is 50.4 Å². The van der Waals surface area contributed by atoms with Crippen LogP contribution < -0.4 is 0 Å². The topological polar surface area (TPSA) is 13.1 Å². The van der Waals surface area contributed by atoms with E-state index in [1.54, 1.807) is 0 Å². The van der Waals surface area contributed by atoms with Crippen molar-refractivity contribution in [1.29, 1.82) is 0 Å². The second kappa shape index (κ2) is 24.0. The van der Waals surface area contributed by atoms with Gasteiger partial charge in [-0.2, -0.15) is 39.5 Å². The molecule has 0 aliphatic heterocycles. The van der Waals surface area contributed by atoms with Crippen LogP contribution in [0.4, 0.5) is 81.8 Å². The summed E-state index contributed by atoms with van der Waals surface area (Å²) in [6, 6.07) is 6.00. The zero-order valence-corrected chi connectivity index (χ0v) is 32.8. The molecule has 0 aromatic heterocycles. The molecule has 0 atom stereocenters. The Bertz CT molecular complexity index is 1430. The summed E-state index contributed by atoms with van der Waals surface area (Å²) in [4.78, 5) is 9.53. The summed E-state index contributed by atoms with van der Waals surface area (Å²) in [5.74, 6) is 0. The van der Waals surface area contributed by atoms with Crippen molar-refractivity contribution < 1.29 is 85.8 Å². The normalized spacial score (nSPS) is 10.4. The van der Waals surface area contributed by atoms with E-state index in [1.807, 2.05) is 0 Å². The van der Waals surface area contributed by atoms with Crippen LogP contribution in [-0.4, -0.2) is 0 Å². The second-order valence-electron chi connectivity index (χ2n) is 9.63. The van der Waals surface area contributed by atoms with Crippen molar-refractivity contribution in [3.05, 3.63) is 128 Å². The predicted octanol–water partition coefficient (Wildman–Crippen LogP) is 15.8. The van der Waals surface area contributed by atoms with E-state index in [0.717, 1.165) is 36.4 Å². The maximum atomic E-state index is 12.3. The van der Waals surface area contributed by atoms with Gasteiger partial charge in [-0.15, -0.1) is 0 Å². The Labute approximate surface area is 308 Å². The largest absolute Gasteiger partial charge is 0.558 e. The monoisotopic (exact) mass is 974 g/mol. The molecule has 0 spiro atoms. The van der Waals surface area contributed by atoms with Crippen LogP contribution in [0.3, 0.4) is 0 Å². The molecular weight excluding hydrogens is 945 g/mol. The molecule has 0 fully saturated rings. The number of aryl methyl sites for hydroxylation is 6. The molecule has 0 aliphatic carbocycles.